The number of carbonyl (C=O) groups is 2. The van der Waals surface area contributed by atoms with E-state index in [1.54, 1.807) is 23.1 Å². The predicted octanol–water partition coefficient (Wildman–Crippen LogP) is 5.27. The van der Waals surface area contributed by atoms with Crippen LogP contribution >= 0.6 is 35.6 Å². The summed E-state index contributed by atoms with van der Waals surface area (Å²) >= 11 is 12.7. The number of para-hydroxylation sites is 1. The smallest absolute Gasteiger partial charge is 0.266 e. The first kappa shape index (κ1) is 20.6. The summed E-state index contributed by atoms with van der Waals surface area (Å²) in [4.78, 5) is 26.9. The van der Waals surface area contributed by atoms with Crippen LogP contribution in [0, 0.1) is 6.92 Å². The quantitative estimate of drug-likeness (QED) is 0.501. The summed E-state index contributed by atoms with van der Waals surface area (Å²) in [6, 6.07) is 15.0. The van der Waals surface area contributed by atoms with E-state index in [1.807, 2.05) is 43.3 Å². The van der Waals surface area contributed by atoms with Gasteiger partial charge in [0.2, 0.25) is 5.91 Å². The van der Waals surface area contributed by atoms with Gasteiger partial charge in [-0.25, -0.2) is 0 Å². The number of benzene rings is 2. The molecule has 2 aromatic rings. The van der Waals surface area contributed by atoms with E-state index in [2.05, 4.69) is 5.32 Å². The van der Waals surface area contributed by atoms with Crippen LogP contribution in [0.4, 0.5) is 5.69 Å². The summed E-state index contributed by atoms with van der Waals surface area (Å²) in [7, 11) is 0. The largest absolute Gasteiger partial charge is 0.325 e. The van der Waals surface area contributed by atoms with Crippen LogP contribution in [0.3, 0.4) is 0 Å². The maximum absolute atomic E-state index is 12.6. The van der Waals surface area contributed by atoms with Gasteiger partial charge >= 0.3 is 0 Å². The number of amides is 2. The topological polar surface area (TPSA) is 49.4 Å². The van der Waals surface area contributed by atoms with Gasteiger partial charge in [-0.15, -0.1) is 0 Å². The van der Waals surface area contributed by atoms with Gasteiger partial charge in [-0.1, -0.05) is 77.5 Å². The Morgan fingerprint density at radius 1 is 1.21 bits per heavy atom. The van der Waals surface area contributed by atoms with Crippen molar-refractivity contribution in [3.05, 3.63) is 69.6 Å². The van der Waals surface area contributed by atoms with Crippen LogP contribution in [0.2, 0.25) is 5.02 Å². The van der Waals surface area contributed by atoms with Crippen LogP contribution < -0.4 is 5.32 Å². The Balaban J connectivity index is 1.54. The number of rotatable bonds is 6. The van der Waals surface area contributed by atoms with Gasteiger partial charge in [0, 0.05) is 13.0 Å². The fourth-order valence-corrected chi connectivity index (χ4v) is 4.17. The molecule has 1 aliphatic heterocycles. The van der Waals surface area contributed by atoms with Crippen molar-refractivity contribution in [2.24, 2.45) is 0 Å². The number of nitrogens with one attached hydrogen (secondary N) is 1. The summed E-state index contributed by atoms with van der Waals surface area (Å²) in [6.45, 7) is 2.43. The fourth-order valence-electron chi connectivity index (χ4n) is 2.68. The van der Waals surface area contributed by atoms with Gasteiger partial charge in [0.1, 0.15) is 4.32 Å². The van der Waals surface area contributed by atoms with Crippen LogP contribution in [0.1, 0.15) is 24.0 Å². The number of hydrogen-bond donors (Lipinski definition) is 1. The van der Waals surface area contributed by atoms with Gasteiger partial charge in [-0.05, 0) is 37.1 Å². The second-order valence-electron chi connectivity index (χ2n) is 6.38. The van der Waals surface area contributed by atoms with Gasteiger partial charge in [-0.2, -0.15) is 0 Å². The van der Waals surface area contributed by atoms with Crippen molar-refractivity contribution < 1.29 is 9.59 Å². The number of halogens is 1. The Morgan fingerprint density at radius 2 is 1.93 bits per heavy atom. The Morgan fingerprint density at radius 3 is 2.64 bits per heavy atom. The minimum absolute atomic E-state index is 0.109. The van der Waals surface area contributed by atoms with Crippen LogP contribution in [-0.4, -0.2) is 27.6 Å². The molecule has 1 saturated heterocycles. The van der Waals surface area contributed by atoms with E-state index in [0.717, 1.165) is 5.56 Å². The molecule has 0 aromatic heterocycles. The molecule has 2 amide bonds. The Labute approximate surface area is 178 Å². The highest BCUT2D eigenvalue weighted by Gasteiger charge is 2.31. The maximum atomic E-state index is 12.6. The summed E-state index contributed by atoms with van der Waals surface area (Å²) in [5.41, 5.74) is 2.71. The molecule has 28 heavy (non-hydrogen) atoms. The lowest BCUT2D eigenvalue weighted by atomic mass is 10.1. The highest BCUT2D eigenvalue weighted by Crippen LogP contribution is 2.32. The van der Waals surface area contributed by atoms with Gasteiger partial charge in [0.05, 0.1) is 15.6 Å². The van der Waals surface area contributed by atoms with E-state index < -0.39 is 0 Å². The van der Waals surface area contributed by atoms with Crippen molar-refractivity contribution >= 4 is 63.5 Å². The van der Waals surface area contributed by atoms with Gasteiger partial charge in [0.15, 0.2) is 0 Å². The number of thioether (sulfide) groups is 1. The molecule has 7 heteroatoms. The molecule has 2 aromatic carbocycles. The fraction of sp³-hybridized carbons (Fsp3) is 0.190. The average molecular weight is 431 g/mol. The summed E-state index contributed by atoms with van der Waals surface area (Å²) in [6.07, 6.45) is 2.64. The van der Waals surface area contributed by atoms with Crippen molar-refractivity contribution in [3.8, 4) is 0 Å². The first-order chi connectivity index (χ1) is 13.4. The molecule has 1 N–H and O–H groups in total. The average Bonchev–Trinajstić information content (AvgIpc) is 2.93. The van der Waals surface area contributed by atoms with Crippen molar-refractivity contribution in [2.75, 3.05) is 11.9 Å². The molecular weight excluding hydrogens is 412 g/mol. The third-order valence-electron chi connectivity index (χ3n) is 4.18. The Hall–Kier alpha value is -2.15. The third-order valence-corrected chi connectivity index (χ3v) is 5.89. The van der Waals surface area contributed by atoms with E-state index in [-0.39, 0.29) is 18.2 Å². The SMILES string of the molecule is Cc1ccc(/C=C2/SC(=S)N(CCCC(=O)Nc3ccccc3Cl)C2=O)cc1. The molecule has 3 rings (SSSR count). The number of anilines is 1. The summed E-state index contributed by atoms with van der Waals surface area (Å²) in [5.74, 6) is -0.254. The zero-order valence-corrected chi connectivity index (χ0v) is 17.7. The lowest BCUT2D eigenvalue weighted by molar-refractivity contribution is -0.122. The number of carbonyl (C=O) groups excluding carboxylic acids is 2. The zero-order valence-electron chi connectivity index (χ0n) is 15.3. The van der Waals surface area contributed by atoms with Gasteiger partial charge in [0.25, 0.3) is 5.91 Å². The van der Waals surface area contributed by atoms with Crippen molar-refractivity contribution in [1.29, 1.82) is 0 Å². The minimum Gasteiger partial charge on any atom is -0.325 e. The van der Waals surface area contributed by atoms with E-state index in [4.69, 9.17) is 23.8 Å². The maximum Gasteiger partial charge on any atom is 0.266 e. The van der Waals surface area contributed by atoms with E-state index >= 15 is 0 Å². The third kappa shape index (κ3) is 5.22. The Kier molecular flexibility index (Phi) is 6.88. The van der Waals surface area contributed by atoms with Crippen molar-refractivity contribution in [2.45, 2.75) is 19.8 Å². The van der Waals surface area contributed by atoms with E-state index in [9.17, 15) is 9.59 Å². The number of nitrogens with zero attached hydrogens (tertiary/aromatic N) is 1. The molecule has 0 radical (unpaired) electrons. The zero-order chi connectivity index (χ0) is 20.1. The molecule has 144 valence electrons. The lowest BCUT2D eigenvalue weighted by Gasteiger charge is -2.14. The summed E-state index contributed by atoms with van der Waals surface area (Å²) in [5, 5.41) is 3.27. The molecule has 0 atom stereocenters. The van der Waals surface area contributed by atoms with Crippen LogP contribution in [0.25, 0.3) is 6.08 Å². The molecule has 1 aliphatic rings. The molecule has 1 fully saturated rings. The van der Waals surface area contributed by atoms with Crippen LogP contribution in [-0.2, 0) is 9.59 Å². The van der Waals surface area contributed by atoms with E-state index in [1.165, 1.54) is 17.3 Å². The van der Waals surface area contributed by atoms with E-state index in [0.29, 0.717) is 32.9 Å². The number of hydrogen-bond acceptors (Lipinski definition) is 4. The normalized spacial score (nSPS) is 15.4. The van der Waals surface area contributed by atoms with Gasteiger partial charge < -0.3 is 5.32 Å². The molecule has 1 heterocycles. The summed E-state index contributed by atoms with van der Waals surface area (Å²) < 4.78 is 0.523. The predicted molar refractivity (Wildman–Crippen MR) is 120 cm³/mol. The van der Waals surface area contributed by atoms with Gasteiger partial charge in [-0.3, -0.25) is 14.5 Å². The second kappa shape index (κ2) is 9.37. The molecule has 0 bridgehead atoms. The Bertz CT molecular complexity index is 942. The highest BCUT2D eigenvalue weighted by atomic mass is 35.5. The van der Waals surface area contributed by atoms with Crippen LogP contribution in [0.5, 0.6) is 0 Å². The first-order valence-electron chi connectivity index (χ1n) is 8.80. The molecule has 4 nitrogen and oxygen atoms in total. The molecule has 0 spiro atoms. The highest BCUT2D eigenvalue weighted by molar-refractivity contribution is 8.26. The van der Waals surface area contributed by atoms with Crippen LogP contribution in [0.15, 0.2) is 53.4 Å². The minimum atomic E-state index is -0.145. The van der Waals surface area contributed by atoms with Crippen molar-refractivity contribution in [3.63, 3.8) is 0 Å². The molecule has 0 aliphatic carbocycles. The molecule has 0 saturated carbocycles. The lowest BCUT2D eigenvalue weighted by Crippen LogP contribution is -2.29. The standard InChI is InChI=1S/C21H19ClN2O2S2/c1-14-8-10-15(11-9-14)13-18-20(26)24(21(27)28-18)12-4-7-19(25)23-17-6-3-2-5-16(17)22/h2-3,5-6,8-11,13H,4,7,12H2,1H3,(H,23,25)/b18-13+. The monoisotopic (exact) mass is 430 g/mol. The van der Waals surface area contributed by atoms with Crippen molar-refractivity contribution in [1.82, 2.24) is 4.90 Å². The molecular formula is C21H19ClN2O2S2. The number of aryl methyl sites for hydroxylation is 1. The molecule has 0 unspecified atom stereocenters. The number of thiocarbonyl (C=S) groups is 1. The first-order valence-corrected chi connectivity index (χ1v) is 10.4. The second-order valence-corrected chi connectivity index (χ2v) is 8.46.